The van der Waals surface area contributed by atoms with Crippen LogP contribution in [0.4, 0.5) is 0 Å². The average molecular weight is 344 g/mol. The van der Waals surface area contributed by atoms with Gasteiger partial charge in [0.25, 0.3) is 5.91 Å². The lowest BCUT2D eigenvalue weighted by Crippen LogP contribution is -2.34. The summed E-state index contributed by atoms with van der Waals surface area (Å²) < 4.78 is 5.49. The number of furan rings is 1. The maximum Gasteiger partial charge on any atom is 0.270 e. The Morgan fingerprint density at radius 1 is 1.55 bits per heavy atom. The van der Waals surface area contributed by atoms with Crippen LogP contribution in [0.25, 0.3) is 10.8 Å². The molecule has 2 atom stereocenters. The minimum absolute atomic E-state index is 0. The number of carbonyl (C=O) groups excluding carboxylic acids is 1. The van der Waals surface area contributed by atoms with Crippen molar-refractivity contribution in [2.45, 2.75) is 13.0 Å². The number of carbonyl (C=O) groups is 1. The van der Waals surface area contributed by atoms with Crippen LogP contribution >= 0.6 is 23.7 Å². The first-order valence-corrected chi connectivity index (χ1v) is 7.71. The maximum atomic E-state index is 12.1. The number of nitrogens with one attached hydrogen (secondary N) is 2. The summed E-state index contributed by atoms with van der Waals surface area (Å²) in [5.41, 5.74) is 0.379. The lowest BCUT2D eigenvalue weighted by atomic mass is 10.1. The van der Waals surface area contributed by atoms with Gasteiger partial charge in [-0.3, -0.25) is 4.79 Å². The second kappa shape index (κ2) is 7.23. The Morgan fingerprint density at radius 2 is 2.36 bits per heavy atom. The van der Waals surface area contributed by atoms with Crippen LogP contribution in [0, 0.1) is 12.8 Å². The first-order valence-electron chi connectivity index (χ1n) is 6.83. The third-order valence-electron chi connectivity index (χ3n) is 3.52. The van der Waals surface area contributed by atoms with E-state index in [2.05, 4.69) is 15.6 Å². The van der Waals surface area contributed by atoms with Gasteiger partial charge in [-0.2, -0.15) is 0 Å². The first kappa shape index (κ1) is 17.0. The molecule has 0 saturated carbocycles. The van der Waals surface area contributed by atoms with E-state index in [-0.39, 0.29) is 24.2 Å². The van der Waals surface area contributed by atoms with Gasteiger partial charge >= 0.3 is 0 Å². The molecule has 6 nitrogen and oxygen atoms in total. The summed E-state index contributed by atoms with van der Waals surface area (Å²) in [6, 6.07) is 3.71. The number of β-amino-alcohol motifs (C(OH)–C–C–N with tert-alkyl or cyclic N) is 1. The van der Waals surface area contributed by atoms with Crippen molar-refractivity contribution in [1.29, 1.82) is 0 Å². The quantitative estimate of drug-likeness (QED) is 0.782. The van der Waals surface area contributed by atoms with Crippen LogP contribution in [-0.2, 0) is 0 Å². The minimum Gasteiger partial charge on any atom is -0.459 e. The standard InChI is InChI=1S/C14H17N3O3S.ClH/c1-8-2-3-12(20-8)14-17-10(7-21-14)13(19)16-5-9-4-15-6-11(9)18;/h2-3,7,9,11,15,18H,4-6H2,1H3,(H,16,19);1H. The Balaban J connectivity index is 0.00000176. The Kier molecular flexibility index (Phi) is 5.57. The van der Waals surface area contributed by atoms with Crippen LogP contribution in [-0.4, -0.2) is 41.7 Å². The van der Waals surface area contributed by atoms with E-state index in [0.29, 0.717) is 29.6 Å². The SMILES string of the molecule is Cc1ccc(-c2nc(C(=O)NCC3CNCC3O)cs2)o1.Cl. The van der Waals surface area contributed by atoms with Gasteiger partial charge in [0, 0.05) is 30.9 Å². The summed E-state index contributed by atoms with van der Waals surface area (Å²) in [5, 5.41) is 18.0. The number of aromatic nitrogens is 1. The zero-order chi connectivity index (χ0) is 14.8. The van der Waals surface area contributed by atoms with Crippen molar-refractivity contribution in [3.8, 4) is 10.8 Å². The van der Waals surface area contributed by atoms with E-state index in [4.69, 9.17) is 4.42 Å². The summed E-state index contributed by atoms with van der Waals surface area (Å²) in [5.74, 6) is 1.32. The minimum atomic E-state index is -0.401. The molecule has 0 aromatic carbocycles. The van der Waals surface area contributed by atoms with Crippen LogP contribution in [0.3, 0.4) is 0 Å². The van der Waals surface area contributed by atoms with E-state index in [1.54, 1.807) is 5.38 Å². The van der Waals surface area contributed by atoms with E-state index in [1.807, 2.05) is 19.1 Å². The topological polar surface area (TPSA) is 87.4 Å². The number of nitrogens with zero attached hydrogens (tertiary/aromatic N) is 1. The van der Waals surface area contributed by atoms with Crippen molar-refractivity contribution < 1.29 is 14.3 Å². The highest BCUT2D eigenvalue weighted by Crippen LogP contribution is 2.25. The number of aliphatic hydroxyl groups is 1. The Bertz CT molecular complexity index is 643. The van der Waals surface area contributed by atoms with Gasteiger partial charge < -0.3 is 20.2 Å². The highest BCUT2D eigenvalue weighted by molar-refractivity contribution is 7.13. The molecule has 3 rings (SSSR count). The smallest absolute Gasteiger partial charge is 0.270 e. The number of hydrogen-bond donors (Lipinski definition) is 3. The predicted molar refractivity (Wildman–Crippen MR) is 86.5 cm³/mol. The molecule has 0 spiro atoms. The maximum absolute atomic E-state index is 12.1. The van der Waals surface area contributed by atoms with Gasteiger partial charge in [0.05, 0.1) is 6.10 Å². The fraction of sp³-hybridized carbons (Fsp3) is 0.429. The Morgan fingerprint density at radius 3 is 3.00 bits per heavy atom. The molecule has 2 aromatic heterocycles. The first-order chi connectivity index (χ1) is 10.1. The molecule has 1 aliphatic rings. The van der Waals surface area contributed by atoms with E-state index < -0.39 is 6.10 Å². The third-order valence-corrected chi connectivity index (χ3v) is 4.37. The molecule has 3 heterocycles. The van der Waals surface area contributed by atoms with Crippen LogP contribution in [0.2, 0.25) is 0 Å². The molecule has 0 radical (unpaired) electrons. The predicted octanol–water partition coefficient (Wildman–Crippen LogP) is 1.44. The molecule has 1 fully saturated rings. The summed E-state index contributed by atoms with van der Waals surface area (Å²) in [6.07, 6.45) is -0.401. The molecule has 120 valence electrons. The molecule has 3 N–H and O–H groups in total. The van der Waals surface area contributed by atoms with E-state index in [9.17, 15) is 9.90 Å². The molecule has 1 saturated heterocycles. The van der Waals surface area contributed by atoms with Crippen molar-refractivity contribution >= 4 is 29.7 Å². The number of thiazole rings is 1. The third kappa shape index (κ3) is 3.67. The van der Waals surface area contributed by atoms with Crippen LogP contribution in [0.15, 0.2) is 21.9 Å². The van der Waals surface area contributed by atoms with Gasteiger partial charge in [-0.1, -0.05) is 0 Å². The number of hydrogen-bond acceptors (Lipinski definition) is 6. The molecule has 22 heavy (non-hydrogen) atoms. The normalized spacial score (nSPS) is 20.6. The van der Waals surface area contributed by atoms with Gasteiger partial charge in [-0.25, -0.2) is 4.98 Å². The van der Waals surface area contributed by atoms with Gasteiger partial charge in [0.2, 0.25) is 0 Å². The number of rotatable bonds is 4. The number of halogens is 1. The van der Waals surface area contributed by atoms with Gasteiger partial charge in [-0.05, 0) is 19.1 Å². The summed E-state index contributed by atoms with van der Waals surface area (Å²) >= 11 is 1.38. The highest BCUT2D eigenvalue weighted by Gasteiger charge is 2.25. The zero-order valence-corrected chi connectivity index (χ0v) is 13.7. The van der Waals surface area contributed by atoms with Gasteiger partial charge in [0.15, 0.2) is 10.8 Å². The molecule has 1 amide bonds. The largest absolute Gasteiger partial charge is 0.459 e. The highest BCUT2D eigenvalue weighted by atomic mass is 35.5. The van der Waals surface area contributed by atoms with Crippen molar-refractivity contribution in [2.75, 3.05) is 19.6 Å². The van der Waals surface area contributed by atoms with Crippen LogP contribution < -0.4 is 10.6 Å². The number of aryl methyl sites for hydroxylation is 1. The molecular weight excluding hydrogens is 326 g/mol. The second-order valence-corrected chi connectivity index (χ2v) is 6.00. The number of amides is 1. The van der Waals surface area contributed by atoms with E-state index >= 15 is 0 Å². The molecular formula is C14H18ClN3O3S. The van der Waals surface area contributed by atoms with Crippen molar-refractivity contribution in [3.63, 3.8) is 0 Å². The number of aliphatic hydroxyl groups excluding tert-OH is 1. The molecule has 2 unspecified atom stereocenters. The Labute approximate surface area is 138 Å². The van der Waals surface area contributed by atoms with E-state index in [1.165, 1.54) is 11.3 Å². The molecule has 0 aliphatic carbocycles. The lowest BCUT2D eigenvalue weighted by molar-refractivity contribution is 0.0923. The molecule has 2 aromatic rings. The lowest BCUT2D eigenvalue weighted by Gasteiger charge is -2.13. The van der Waals surface area contributed by atoms with Crippen molar-refractivity contribution in [2.24, 2.45) is 5.92 Å². The fourth-order valence-electron chi connectivity index (χ4n) is 2.28. The Hall–Kier alpha value is -1.41. The fourth-order valence-corrected chi connectivity index (χ4v) is 3.04. The second-order valence-electron chi connectivity index (χ2n) is 5.14. The van der Waals surface area contributed by atoms with Crippen LogP contribution in [0.5, 0.6) is 0 Å². The summed E-state index contributed by atoms with van der Waals surface area (Å²) in [6.45, 7) is 3.61. The van der Waals surface area contributed by atoms with Crippen molar-refractivity contribution in [1.82, 2.24) is 15.6 Å². The average Bonchev–Trinajstić information content (AvgIpc) is 3.16. The van der Waals surface area contributed by atoms with Gasteiger partial charge in [-0.15, -0.1) is 23.7 Å². The van der Waals surface area contributed by atoms with Crippen LogP contribution in [0.1, 0.15) is 16.2 Å². The molecule has 0 bridgehead atoms. The molecule has 8 heteroatoms. The monoisotopic (exact) mass is 343 g/mol. The summed E-state index contributed by atoms with van der Waals surface area (Å²) in [7, 11) is 0. The van der Waals surface area contributed by atoms with Crippen molar-refractivity contribution in [3.05, 3.63) is 29.0 Å². The summed E-state index contributed by atoms with van der Waals surface area (Å²) in [4.78, 5) is 16.4. The zero-order valence-electron chi connectivity index (χ0n) is 12.0. The van der Waals surface area contributed by atoms with E-state index in [0.717, 1.165) is 12.3 Å². The molecule has 1 aliphatic heterocycles. The van der Waals surface area contributed by atoms with Gasteiger partial charge in [0.1, 0.15) is 11.5 Å².